The fraction of sp³-hybridized carbons (Fsp3) is 0.455. The minimum absolute atomic E-state index is 0.279. The molecule has 278 valence electrons. The van der Waals surface area contributed by atoms with E-state index >= 15 is 0 Å². The number of hydrogen-bond acceptors (Lipinski definition) is 6. The SMILES string of the molecule is C[C@H](CCC/C=C/C=C/CCCC/C=C\C=C\CC/C=C/C=O)OC(=O)CP(=O)(Oc1ccccc1C(C)(C)C)Oc1ccccc1C(C)(C)C. The molecular weight excluding hydrogens is 655 g/mol. The number of hydrogen-bond donors (Lipinski definition) is 0. The minimum atomic E-state index is -4.04. The summed E-state index contributed by atoms with van der Waals surface area (Å²) in [7, 11) is -4.04. The van der Waals surface area contributed by atoms with Crippen molar-refractivity contribution in [2.45, 2.75) is 123 Å². The smallest absolute Gasteiger partial charge is 0.441 e. The summed E-state index contributed by atoms with van der Waals surface area (Å²) in [5.41, 5.74) is 1.18. The first-order chi connectivity index (χ1) is 24.2. The lowest BCUT2D eigenvalue weighted by atomic mass is 9.86. The lowest BCUT2D eigenvalue weighted by Gasteiger charge is -2.28. The highest BCUT2D eigenvalue weighted by Gasteiger charge is 2.36. The van der Waals surface area contributed by atoms with Crippen molar-refractivity contribution < 1.29 is 27.9 Å². The Morgan fingerprint density at radius 3 is 1.51 bits per heavy atom. The molecule has 0 heterocycles. The van der Waals surface area contributed by atoms with E-state index in [-0.39, 0.29) is 16.9 Å². The minimum Gasteiger partial charge on any atom is -0.462 e. The number of esters is 1. The van der Waals surface area contributed by atoms with E-state index in [0.29, 0.717) is 17.9 Å². The van der Waals surface area contributed by atoms with Crippen molar-refractivity contribution in [3.05, 3.63) is 120 Å². The second-order valence-electron chi connectivity index (χ2n) is 14.8. The average molecular weight is 717 g/mol. The summed E-state index contributed by atoms with van der Waals surface area (Å²) in [6.45, 7) is 14.2. The fourth-order valence-corrected chi connectivity index (χ4v) is 6.76. The topological polar surface area (TPSA) is 78.9 Å². The molecule has 0 aromatic heterocycles. The lowest BCUT2D eigenvalue weighted by Crippen LogP contribution is -2.22. The number of carbonyl (C=O) groups is 2. The molecule has 0 amide bonds. The molecule has 0 radical (unpaired) electrons. The van der Waals surface area contributed by atoms with E-state index in [0.717, 1.165) is 68.8 Å². The first kappa shape index (κ1) is 43.3. The summed E-state index contributed by atoms with van der Waals surface area (Å²) in [4.78, 5) is 23.4. The molecule has 6 nitrogen and oxygen atoms in total. The van der Waals surface area contributed by atoms with Gasteiger partial charge in [0.05, 0.1) is 6.10 Å². The predicted octanol–water partition coefficient (Wildman–Crippen LogP) is 12.4. The second kappa shape index (κ2) is 22.8. The molecule has 2 rings (SSSR count). The third kappa shape index (κ3) is 18.3. The zero-order valence-corrected chi connectivity index (χ0v) is 32.9. The van der Waals surface area contributed by atoms with Crippen molar-refractivity contribution in [1.29, 1.82) is 0 Å². The Hall–Kier alpha value is -3.89. The molecule has 0 spiro atoms. The van der Waals surface area contributed by atoms with E-state index in [2.05, 4.69) is 90.2 Å². The van der Waals surface area contributed by atoms with Gasteiger partial charge in [0, 0.05) is 11.1 Å². The molecule has 0 fully saturated rings. The zero-order valence-electron chi connectivity index (χ0n) is 32.0. The van der Waals surface area contributed by atoms with Gasteiger partial charge in [-0.1, -0.05) is 133 Å². The van der Waals surface area contributed by atoms with Crippen molar-refractivity contribution in [2.75, 3.05) is 6.16 Å². The highest BCUT2D eigenvalue weighted by atomic mass is 31.2. The number of rotatable bonds is 22. The van der Waals surface area contributed by atoms with Gasteiger partial charge in [-0.2, -0.15) is 0 Å². The third-order valence-corrected chi connectivity index (χ3v) is 9.57. The van der Waals surface area contributed by atoms with Crippen LogP contribution in [0.15, 0.2) is 109 Å². The summed E-state index contributed by atoms with van der Waals surface area (Å²) in [6, 6.07) is 14.9. The van der Waals surface area contributed by atoms with Gasteiger partial charge in [-0.3, -0.25) is 9.59 Å². The molecule has 0 aliphatic rings. The highest BCUT2D eigenvalue weighted by Crippen LogP contribution is 2.52. The third-order valence-electron chi connectivity index (χ3n) is 7.97. The highest BCUT2D eigenvalue weighted by molar-refractivity contribution is 7.55. The van der Waals surface area contributed by atoms with Crippen LogP contribution in [0.25, 0.3) is 0 Å². The van der Waals surface area contributed by atoms with Crippen LogP contribution in [0.4, 0.5) is 0 Å². The predicted molar refractivity (Wildman–Crippen MR) is 213 cm³/mol. The van der Waals surface area contributed by atoms with E-state index in [1.54, 1.807) is 12.1 Å². The van der Waals surface area contributed by atoms with Gasteiger partial charge in [0.15, 0.2) is 6.16 Å². The van der Waals surface area contributed by atoms with E-state index in [1.807, 2.05) is 49.4 Å². The fourth-order valence-electron chi connectivity index (χ4n) is 5.28. The van der Waals surface area contributed by atoms with Crippen LogP contribution in [0.2, 0.25) is 0 Å². The van der Waals surface area contributed by atoms with Gasteiger partial charge < -0.3 is 13.8 Å². The van der Waals surface area contributed by atoms with Crippen LogP contribution in [0, 0.1) is 0 Å². The van der Waals surface area contributed by atoms with Gasteiger partial charge in [0.25, 0.3) is 0 Å². The summed E-state index contributed by atoms with van der Waals surface area (Å²) >= 11 is 0. The molecule has 2 aromatic carbocycles. The Morgan fingerprint density at radius 1 is 0.647 bits per heavy atom. The molecule has 0 aliphatic carbocycles. The average Bonchev–Trinajstić information content (AvgIpc) is 3.05. The van der Waals surface area contributed by atoms with Crippen LogP contribution in [-0.2, 0) is 29.7 Å². The van der Waals surface area contributed by atoms with E-state index in [1.165, 1.54) is 6.08 Å². The van der Waals surface area contributed by atoms with Gasteiger partial charge in [0.2, 0.25) is 0 Å². The van der Waals surface area contributed by atoms with Gasteiger partial charge >= 0.3 is 13.6 Å². The summed E-state index contributed by atoms with van der Waals surface area (Å²) in [5.74, 6) is 0.244. The number of carbonyl (C=O) groups excluding carboxylic acids is 2. The van der Waals surface area contributed by atoms with Crippen LogP contribution < -0.4 is 9.05 Å². The van der Waals surface area contributed by atoms with Gasteiger partial charge in [-0.15, -0.1) is 0 Å². The van der Waals surface area contributed by atoms with Crippen molar-refractivity contribution in [3.8, 4) is 11.5 Å². The number of allylic oxidation sites excluding steroid dienone is 10. The Balaban J connectivity index is 1.85. The Kier molecular flexibility index (Phi) is 19.4. The summed E-state index contributed by atoms with van der Waals surface area (Å²) in [6.07, 6.45) is 29.0. The number of benzene rings is 2. The van der Waals surface area contributed by atoms with E-state index in [9.17, 15) is 14.2 Å². The van der Waals surface area contributed by atoms with Crippen LogP contribution in [0.3, 0.4) is 0 Å². The van der Waals surface area contributed by atoms with E-state index in [4.69, 9.17) is 13.8 Å². The normalized spacial score (nSPS) is 13.5. The molecule has 2 aromatic rings. The number of para-hydroxylation sites is 2. The van der Waals surface area contributed by atoms with E-state index < -0.39 is 19.7 Å². The lowest BCUT2D eigenvalue weighted by molar-refractivity contribution is -0.145. The molecule has 0 bridgehead atoms. The maximum absolute atomic E-state index is 14.5. The number of aldehydes is 1. The molecule has 0 N–H and O–H groups in total. The molecule has 7 heteroatoms. The second-order valence-corrected chi connectivity index (χ2v) is 16.7. The maximum atomic E-state index is 14.5. The van der Waals surface area contributed by atoms with Crippen LogP contribution in [-0.4, -0.2) is 24.5 Å². The molecular formula is C44H61O6P. The van der Waals surface area contributed by atoms with Crippen LogP contribution in [0.1, 0.15) is 117 Å². The van der Waals surface area contributed by atoms with Gasteiger partial charge in [-0.05, 0) is 93.7 Å². The van der Waals surface area contributed by atoms with Crippen LogP contribution in [0.5, 0.6) is 11.5 Å². The first-order valence-electron chi connectivity index (χ1n) is 18.4. The molecule has 51 heavy (non-hydrogen) atoms. The molecule has 0 saturated heterocycles. The summed E-state index contributed by atoms with van der Waals surface area (Å²) in [5, 5.41) is 0. The molecule has 0 saturated carbocycles. The maximum Gasteiger partial charge on any atom is 0.441 e. The van der Waals surface area contributed by atoms with Crippen molar-refractivity contribution >= 4 is 19.9 Å². The monoisotopic (exact) mass is 716 g/mol. The van der Waals surface area contributed by atoms with Gasteiger partial charge in [0.1, 0.15) is 17.8 Å². The van der Waals surface area contributed by atoms with Gasteiger partial charge in [-0.25, -0.2) is 4.57 Å². The largest absolute Gasteiger partial charge is 0.462 e. The Morgan fingerprint density at radius 2 is 1.06 bits per heavy atom. The zero-order chi connectivity index (χ0) is 37.6. The first-order valence-corrected chi connectivity index (χ1v) is 20.1. The van der Waals surface area contributed by atoms with Crippen LogP contribution >= 0.6 is 7.60 Å². The Bertz CT molecular complexity index is 1470. The van der Waals surface area contributed by atoms with Crippen molar-refractivity contribution in [1.82, 2.24) is 0 Å². The molecule has 0 unspecified atom stereocenters. The quantitative estimate of drug-likeness (QED) is 0.0301. The summed E-state index contributed by atoms with van der Waals surface area (Å²) < 4.78 is 32.6. The number of ether oxygens (including phenoxy) is 1. The number of unbranched alkanes of at least 4 members (excludes halogenated alkanes) is 5. The van der Waals surface area contributed by atoms with Crippen molar-refractivity contribution in [3.63, 3.8) is 0 Å². The van der Waals surface area contributed by atoms with Crippen molar-refractivity contribution in [2.24, 2.45) is 0 Å². The molecule has 1 atom stereocenters. The Labute approximate surface area is 308 Å². The standard InChI is InChI=1S/C44H61O6P/c1-37(30-24-22-20-18-16-14-12-10-8-9-11-13-15-17-19-21-23-29-35-45)48-42(46)36-51(47,49-40-33-27-25-31-38(40)43(2,3)4)50-41-34-28-26-32-39(41)44(5,6)7/h11,13-18,20,23,25-29,31-35,37H,8-10,12,19,21-22,24,30,36H2,1-7H3/b13-11-,16-14+,17-15+,20-18+,29-23+/t37-/m1/s1. The molecule has 0 aliphatic heterocycles.